The number of piperidine rings is 1. The van der Waals surface area contributed by atoms with Crippen LogP contribution in [0.25, 0.3) is 0 Å². The zero-order chi connectivity index (χ0) is 11.0. The molecule has 0 aromatic carbocycles. The third-order valence-electron chi connectivity index (χ3n) is 3.42. The monoisotopic (exact) mass is 198 g/mol. The zero-order valence-corrected chi connectivity index (χ0v) is 10.4. The van der Waals surface area contributed by atoms with Crippen LogP contribution in [0.4, 0.5) is 0 Å². The highest BCUT2D eigenvalue weighted by Crippen LogP contribution is 2.35. The van der Waals surface area contributed by atoms with Crippen LogP contribution in [0.3, 0.4) is 0 Å². The van der Waals surface area contributed by atoms with Gasteiger partial charge in [0, 0.05) is 11.1 Å². The Labute approximate surface area is 88.8 Å². The van der Waals surface area contributed by atoms with Crippen molar-refractivity contribution in [2.45, 2.75) is 58.5 Å². The molecule has 2 N–H and O–H groups in total. The summed E-state index contributed by atoms with van der Waals surface area (Å²) < 4.78 is 0. The molecule has 0 spiro atoms. The van der Waals surface area contributed by atoms with Crippen molar-refractivity contribution in [1.82, 2.24) is 4.90 Å². The van der Waals surface area contributed by atoms with E-state index in [1.165, 1.54) is 19.4 Å². The quantitative estimate of drug-likeness (QED) is 0.700. The molecule has 0 radical (unpaired) electrons. The van der Waals surface area contributed by atoms with Gasteiger partial charge in [-0.15, -0.1) is 0 Å². The Bertz CT molecular complexity index is 191. The van der Waals surface area contributed by atoms with Crippen molar-refractivity contribution < 1.29 is 0 Å². The SMILES string of the molecule is CC(C)(C)N1CCC(CN)CC1(C)C. The molecule has 0 aliphatic carbocycles. The summed E-state index contributed by atoms with van der Waals surface area (Å²) in [7, 11) is 0. The molecule has 0 saturated carbocycles. The van der Waals surface area contributed by atoms with E-state index in [2.05, 4.69) is 39.5 Å². The summed E-state index contributed by atoms with van der Waals surface area (Å²) in [4.78, 5) is 2.62. The van der Waals surface area contributed by atoms with Gasteiger partial charge in [-0.3, -0.25) is 4.90 Å². The van der Waals surface area contributed by atoms with E-state index in [1.54, 1.807) is 0 Å². The van der Waals surface area contributed by atoms with Crippen LogP contribution in [0.5, 0.6) is 0 Å². The molecule has 2 nitrogen and oxygen atoms in total. The van der Waals surface area contributed by atoms with Crippen molar-refractivity contribution in [2.24, 2.45) is 11.7 Å². The second kappa shape index (κ2) is 3.82. The number of nitrogens with zero attached hydrogens (tertiary/aromatic N) is 1. The fraction of sp³-hybridized carbons (Fsp3) is 1.00. The van der Waals surface area contributed by atoms with E-state index in [1.807, 2.05) is 0 Å². The lowest BCUT2D eigenvalue weighted by atomic mass is 9.80. The normalized spacial score (nSPS) is 29.1. The molecule has 14 heavy (non-hydrogen) atoms. The Hall–Kier alpha value is -0.0800. The summed E-state index contributed by atoms with van der Waals surface area (Å²) in [5.41, 5.74) is 6.35. The van der Waals surface area contributed by atoms with Crippen LogP contribution >= 0.6 is 0 Å². The average Bonchev–Trinajstić information content (AvgIpc) is 1.99. The number of rotatable bonds is 1. The molecule has 1 atom stereocenters. The molecule has 1 aliphatic rings. The number of hydrogen-bond donors (Lipinski definition) is 1. The van der Waals surface area contributed by atoms with Crippen molar-refractivity contribution >= 4 is 0 Å². The molecular formula is C12H26N2. The molecule has 1 heterocycles. The van der Waals surface area contributed by atoms with Crippen LogP contribution in [0, 0.1) is 5.92 Å². The summed E-state index contributed by atoms with van der Waals surface area (Å²) in [6.07, 6.45) is 2.50. The first-order valence-electron chi connectivity index (χ1n) is 5.75. The molecule has 1 saturated heterocycles. The van der Waals surface area contributed by atoms with Crippen molar-refractivity contribution in [3.63, 3.8) is 0 Å². The number of hydrogen-bond acceptors (Lipinski definition) is 2. The summed E-state index contributed by atoms with van der Waals surface area (Å²) in [6, 6.07) is 0. The first-order chi connectivity index (χ1) is 6.27. The van der Waals surface area contributed by atoms with Crippen LogP contribution < -0.4 is 5.73 Å². The number of likely N-dealkylation sites (tertiary alicyclic amines) is 1. The minimum absolute atomic E-state index is 0.281. The third kappa shape index (κ3) is 2.48. The van der Waals surface area contributed by atoms with Crippen molar-refractivity contribution in [2.75, 3.05) is 13.1 Å². The van der Waals surface area contributed by atoms with Gasteiger partial charge in [0.2, 0.25) is 0 Å². The maximum absolute atomic E-state index is 5.76. The molecule has 1 aliphatic heterocycles. The van der Waals surface area contributed by atoms with E-state index in [0.29, 0.717) is 5.54 Å². The highest BCUT2D eigenvalue weighted by Gasteiger charge is 2.39. The molecule has 2 heteroatoms. The Balaban J connectivity index is 2.73. The molecule has 1 rings (SSSR count). The molecule has 0 amide bonds. The van der Waals surface area contributed by atoms with Gasteiger partial charge in [0.05, 0.1) is 0 Å². The van der Waals surface area contributed by atoms with Gasteiger partial charge in [0.25, 0.3) is 0 Å². The molecule has 84 valence electrons. The fourth-order valence-electron chi connectivity index (χ4n) is 2.98. The van der Waals surface area contributed by atoms with E-state index >= 15 is 0 Å². The van der Waals surface area contributed by atoms with Crippen LogP contribution in [0.15, 0.2) is 0 Å². The summed E-state index contributed by atoms with van der Waals surface area (Å²) in [6.45, 7) is 13.6. The lowest BCUT2D eigenvalue weighted by molar-refractivity contribution is -0.0210. The predicted octanol–water partition coefficient (Wildman–Crippen LogP) is 2.23. The Morgan fingerprint density at radius 2 is 1.93 bits per heavy atom. The second-order valence-electron chi connectivity index (χ2n) is 6.23. The molecular weight excluding hydrogens is 172 g/mol. The fourth-order valence-corrected chi connectivity index (χ4v) is 2.98. The van der Waals surface area contributed by atoms with Gasteiger partial charge >= 0.3 is 0 Å². The molecule has 0 bridgehead atoms. The van der Waals surface area contributed by atoms with Gasteiger partial charge in [-0.05, 0) is 66.5 Å². The smallest absolute Gasteiger partial charge is 0.0161 e. The van der Waals surface area contributed by atoms with Crippen LogP contribution in [0.2, 0.25) is 0 Å². The van der Waals surface area contributed by atoms with Gasteiger partial charge in [0.15, 0.2) is 0 Å². The maximum Gasteiger partial charge on any atom is 0.0161 e. The van der Waals surface area contributed by atoms with Crippen molar-refractivity contribution in [3.05, 3.63) is 0 Å². The van der Waals surface area contributed by atoms with Crippen LogP contribution in [-0.2, 0) is 0 Å². The van der Waals surface area contributed by atoms with E-state index in [-0.39, 0.29) is 5.54 Å². The third-order valence-corrected chi connectivity index (χ3v) is 3.42. The largest absolute Gasteiger partial charge is 0.330 e. The maximum atomic E-state index is 5.76. The Kier molecular flexibility index (Phi) is 3.27. The lowest BCUT2D eigenvalue weighted by Gasteiger charge is -2.52. The standard InChI is InChI=1S/C12H26N2/c1-11(2,3)14-7-6-10(9-13)8-12(14,4)5/h10H,6-9,13H2,1-5H3. The van der Waals surface area contributed by atoms with E-state index in [4.69, 9.17) is 5.73 Å². The highest BCUT2D eigenvalue weighted by molar-refractivity contribution is 4.95. The lowest BCUT2D eigenvalue weighted by Crippen LogP contribution is -2.58. The van der Waals surface area contributed by atoms with Gasteiger partial charge in [-0.2, -0.15) is 0 Å². The molecule has 0 aromatic rings. The topological polar surface area (TPSA) is 29.3 Å². The van der Waals surface area contributed by atoms with Gasteiger partial charge in [-0.25, -0.2) is 0 Å². The van der Waals surface area contributed by atoms with Gasteiger partial charge in [0.1, 0.15) is 0 Å². The summed E-state index contributed by atoms with van der Waals surface area (Å²) >= 11 is 0. The zero-order valence-electron chi connectivity index (χ0n) is 10.4. The highest BCUT2D eigenvalue weighted by atomic mass is 15.2. The van der Waals surface area contributed by atoms with Crippen LogP contribution in [0.1, 0.15) is 47.5 Å². The Morgan fingerprint density at radius 1 is 1.36 bits per heavy atom. The minimum Gasteiger partial charge on any atom is -0.330 e. The van der Waals surface area contributed by atoms with Gasteiger partial charge in [-0.1, -0.05) is 0 Å². The minimum atomic E-state index is 0.281. The van der Waals surface area contributed by atoms with E-state index in [9.17, 15) is 0 Å². The van der Waals surface area contributed by atoms with Crippen molar-refractivity contribution in [3.8, 4) is 0 Å². The first kappa shape index (κ1) is 12.0. The molecule has 1 unspecified atom stereocenters. The summed E-state index contributed by atoms with van der Waals surface area (Å²) in [5, 5.41) is 0. The summed E-state index contributed by atoms with van der Waals surface area (Å²) in [5.74, 6) is 0.726. The average molecular weight is 198 g/mol. The van der Waals surface area contributed by atoms with E-state index < -0.39 is 0 Å². The predicted molar refractivity (Wildman–Crippen MR) is 62.3 cm³/mol. The van der Waals surface area contributed by atoms with E-state index in [0.717, 1.165) is 12.5 Å². The van der Waals surface area contributed by atoms with Crippen LogP contribution in [-0.4, -0.2) is 29.1 Å². The molecule has 0 aromatic heterocycles. The van der Waals surface area contributed by atoms with Gasteiger partial charge < -0.3 is 5.73 Å². The number of nitrogens with two attached hydrogens (primary N) is 1. The second-order valence-corrected chi connectivity index (χ2v) is 6.23. The van der Waals surface area contributed by atoms with Crippen molar-refractivity contribution in [1.29, 1.82) is 0 Å². The first-order valence-corrected chi connectivity index (χ1v) is 5.75. The molecule has 1 fully saturated rings. The Morgan fingerprint density at radius 3 is 2.29 bits per heavy atom.